The fraction of sp³-hybridized carbons (Fsp3) is 0.192. The summed E-state index contributed by atoms with van der Waals surface area (Å²) in [4.78, 5) is 27.4. The molecule has 0 fully saturated rings. The summed E-state index contributed by atoms with van der Waals surface area (Å²) >= 11 is 0. The molecule has 2 atom stereocenters. The number of benzene rings is 3. The molecule has 3 aromatic rings. The zero-order valence-electron chi connectivity index (χ0n) is 17.6. The van der Waals surface area contributed by atoms with Gasteiger partial charge in [-0.2, -0.15) is 0 Å². The quantitative estimate of drug-likeness (QED) is 0.414. The minimum Gasteiger partial charge on any atom is -0.480 e. The number of rotatable bonds is 6. The molecule has 32 heavy (non-hydrogen) atoms. The molecule has 0 spiro atoms. The van der Waals surface area contributed by atoms with Crippen LogP contribution >= 0.6 is 0 Å². The smallest absolute Gasteiger partial charge is 0.326 e. The van der Waals surface area contributed by atoms with Crippen LogP contribution in [0.4, 0.5) is 0 Å². The maximum atomic E-state index is 13.8. The minimum absolute atomic E-state index is 0.0106. The van der Waals surface area contributed by atoms with Crippen molar-refractivity contribution in [2.75, 3.05) is 0 Å². The van der Waals surface area contributed by atoms with Crippen molar-refractivity contribution >= 4 is 17.7 Å². The van der Waals surface area contributed by atoms with E-state index in [9.17, 15) is 14.7 Å². The summed E-state index contributed by atoms with van der Waals surface area (Å²) in [5, 5.41) is 17.4. The number of carbonyl (C=O) groups excluding carboxylic acids is 1. The molecule has 4 rings (SSSR count). The molecule has 4 N–H and O–H groups in total. The summed E-state index contributed by atoms with van der Waals surface area (Å²) in [5.41, 5.74) is 9.89. The predicted molar refractivity (Wildman–Crippen MR) is 122 cm³/mol. The van der Waals surface area contributed by atoms with Crippen molar-refractivity contribution in [2.45, 2.75) is 31.3 Å². The van der Waals surface area contributed by atoms with Crippen LogP contribution in [0.5, 0.6) is 0 Å². The molecular weight excluding hydrogens is 402 g/mol. The van der Waals surface area contributed by atoms with E-state index in [4.69, 9.17) is 11.1 Å². The number of carbonyl (C=O) groups is 2. The van der Waals surface area contributed by atoms with E-state index in [2.05, 4.69) is 0 Å². The van der Waals surface area contributed by atoms with E-state index in [1.165, 1.54) is 4.90 Å². The normalized spacial score (nSPS) is 16.1. The third kappa shape index (κ3) is 4.39. The topological polar surface area (TPSA) is 107 Å². The number of amides is 1. The SMILES string of the molecule is N=C(N)c1ccc(C[C@H](C(=O)N2Cc3ccccc3CC2C(=O)O)c2ccccc2)cc1. The van der Waals surface area contributed by atoms with E-state index in [0.717, 1.165) is 22.3 Å². The number of amidine groups is 1. The number of fused-ring (bicyclic) bond motifs is 1. The van der Waals surface area contributed by atoms with Crippen LogP contribution in [0.3, 0.4) is 0 Å². The van der Waals surface area contributed by atoms with Crippen molar-refractivity contribution < 1.29 is 14.7 Å². The number of nitrogens with two attached hydrogens (primary N) is 1. The van der Waals surface area contributed by atoms with Crippen LogP contribution in [0.2, 0.25) is 0 Å². The Bertz CT molecular complexity index is 1140. The number of carboxylic acid groups (broad SMARTS) is 1. The minimum atomic E-state index is -0.995. The number of aliphatic carboxylic acids is 1. The van der Waals surface area contributed by atoms with Gasteiger partial charge in [0, 0.05) is 18.5 Å². The highest BCUT2D eigenvalue weighted by atomic mass is 16.4. The molecule has 1 amide bonds. The lowest BCUT2D eigenvalue weighted by molar-refractivity contribution is -0.152. The van der Waals surface area contributed by atoms with Gasteiger partial charge in [-0.15, -0.1) is 0 Å². The Morgan fingerprint density at radius 1 is 0.969 bits per heavy atom. The molecule has 0 radical (unpaired) electrons. The number of nitrogens with one attached hydrogen (secondary N) is 1. The Hall–Kier alpha value is -3.93. The van der Waals surface area contributed by atoms with Gasteiger partial charge in [-0.05, 0) is 28.7 Å². The second-order valence-corrected chi connectivity index (χ2v) is 8.07. The van der Waals surface area contributed by atoms with Crippen LogP contribution < -0.4 is 5.73 Å². The third-order valence-corrected chi connectivity index (χ3v) is 6.02. The molecule has 162 valence electrons. The van der Waals surface area contributed by atoms with Crippen molar-refractivity contribution in [3.05, 3.63) is 107 Å². The monoisotopic (exact) mass is 427 g/mol. The molecule has 1 unspecified atom stereocenters. The summed E-state index contributed by atoms with van der Waals surface area (Å²) < 4.78 is 0. The van der Waals surface area contributed by atoms with Crippen molar-refractivity contribution in [2.24, 2.45) is 5.73 Å². The van der Waals surface area contributed by atoms with Crippen LogP contribution in [-0.2, 0) is 29.0 Å². The first kappa shape index (κ1) is 21.3. The summed E-state index contributed by atoms with van der Waals surface area (Å²) in [6, 6.07) is 23.5. The van der Waals surface area contributed by atoms with Gasteiger partial charge < -0.3 is 15.7 Å². The highest BCUT2D eigenvalue weighted by Crippen LogP contribution is 2.30. The molecule has 1 aliphatic heterocycles. The van der Waals surface area contributed by atoms with Gasteiger partial charge in [0.1, 0.15) is 11.9 Å². The number of hydrogen-bond acceptors (Lipinski definition) is 3. The third-order valence-electron chi connectivity index (χ3n) is 6.02. The lowest BCUT2D eigenvalue weighted by atomic mass is 9.87. The second kappa shape index (κ2) is 9.06. The molecule has 6 heteroatoms. The summed E-state index contributed by atoms with van der Waals surface area (Å²) in [6.45, 7) is 0.276. The van der Waals surface area contributed by atoms with E-state index >= 15 is 0 Å². The van der Waals surface area contributed by atoms with E-state index in [1.54, 1.807) is 12.1 Å². The van der Waals surface area contributed by atoms with Crippen molar-refractivity contribution in [3.8, 4) is 0 Å². The molecule has 1 aliphatic rings. The molecule has 0 bridgehead atoms. The van der Waals surface area contributed by atoms with Gasteiger partial charge in [-0.3, -0.25) is 10.2 Å². The van der Waals surface area contributed by atoms with Gasteiger partial charge >= 0.3 is 5.97 Å². The Balaban J connectivity index is 1.68. The molecule has 0 aliphatic carbocycles. The lowest BCUT2D eigenvalue weighted by Crippen LogP contribution is -2.50. The van der Waals surface area contributed by atoms with E-state index in [-0.39, 0.29) is 18.3 Å². The second-order valence-electron chi connectivity index (χ2n) is 8.07. The first-order valence-corrected chi connectivity index (χ1v) is 10.5. The number of nitrogen functional groups attached to an aromatic ring is 1. The van der Waals surface area contributed by atoms with E-state index < -0.39 is 17.9 Å². The summed E-state index contributed by atoms with van der Waals surface area (Å²) in [7, 11) is 0. The van der Waals surface area contributed by atoms with Gasteiger partial charge in [0.2, 0.25) is 5.91 Å². The largest absolute Gasteiger partial charge is 0.480 e. The van der Waals surface area contributed by atoms with Gasteiger partial charge in [0.25, 0.3) is 0 Å². The molecule has 6 nitrogen and oxygen atoms in total. The van der Waals surface area contributed by atoms with Crippen LogP contribution in [0, 0.1) is 5.41 Å². The summed E-state index contributed by atoms with van der Waals surface area (Å²) in [5.74, 6) is -1.73. The average molecular weight is 428 g/mol. The molecule has 3 aromatic carbocycles. The molecule has 0 aromatic heterocycles. The lowest BCUT2D eigenvalue weighted by Gasteiger charge is -2.37. The van der Waals surface area contributed by atoms with Crippen molar-refractivity contribution in [1.29, 1.82) is 5.41 Å². The van der Waals surface area contributed by atoms with Gasteiger partial charge in [0.15, 0.2) is 0 Å². The number of carboxylic acids is 1. The highest BCUT2D eigenvalue weighted by Gasteiger charge is 2.37. The van der Waals surface area contributed by atoms with Crippen molar-refractivity contribution in [3.63, 3.8) is 0 Å². The van der Waals surface area contributed by atoms with Crippen LogP contribution in [0.1, 0.15) is 33.7 Å². The fourth-order valence-electron chi connectivity index (χ4n) is 4.26. The zero-order valence-corrected chi connectivity index (χ0v) is 17.6. The first-order valence-electron chi connectivity index (χ1n) is 10.5. The van der Waals surface area contributed by atoms with E-state index in [0.29, 0.717) is 18.4 Å². The number of nitrogens with zero attached hydrogens (tertiary/aromatic N) is 1. The van der Waals surface area contributed by atoms with Crippen LogP contribution in [0.25, 0.3) is 0 Å². The fourth-order valence-corrected chi connectivity index (χ4v) is 4.26. The predicted octanol–water partition coefficient (Wildman–Crippen LogP) is 3.34. The van der Waals surface area contributed by atoms with Gasteiger partial charge in [-0.1, -0.05) is 78.9 Å². The van der Waals surface area contributed by atoms with Gasteiger partial charge in [-0.25, -0.2) is 4.79 Å². The molecular formula is C26H25N3O3. The first-order chi connectivity index (χ1) is 15.4. The Kier molecular flexibility index (Phi) is 6.03. The maximum absolute atomic E-state index is 13.8. The Morgan fingerprint density at radius 3 is 2.22 bits per heavy atom. The Labute approximate surface area is 186 Å². The number of hydrogen-bond donors (Lipinski definition) is 3. The maximum Gasteiger partial charge on any atom is 0.326 e. The van der Waals surface area contributed by atoms with E-state index in [1.807, 2.05) is 66.7 Å². The molecule has 1 heterocycles. The van der Waals surface area contributed by atoms with Gasteiger partial charge in [0.05, 0.1) is 5.92 Å². The Morgan fingerprint density at radius 2 is 1.59 bits per heavy atom. The molecule has 0 saturated heterocycles. The van der Waals surface area contributed by atoms with Crippen LogP contribution in [-0.4, -0.2) is 33.8 Å². The van der Waals surface area contributed by atoms with Crippen LogP contribution in [0.15, 0.2) is 78.9 Å². The average Bonchev–Trinajstić information content (AvgIpc) is 2.82. The highest BCUT2D eigenvalue weighted by molar-refractivity contribution is 5.95. The summed E-state index contributed by atoms with van der Waals surface area (Å²) in [6.07, 6.45) is 0.720. The molecule has 0 saturated carbocycles. The van der Waals surface area contributed by atoms with Crippen molar-refractivity contribution in [1.82, 2.24) is 4.90 Å². The zero-order chi connectivity index (χ0) is 22.7. The standard InChI is InChI=1S/C26H25N3O3/c27-24(28)19-12-10-17(11-13-19)14-22(18-6-2-1-3-7-18)25(30)29-16-21-9-5-4-8-20(21)15-23(29)26(31)32/h1-13,22-23H,14-16H2,(H3,27,28)(H,31,32)/t22-,23?/m0/s1.